The SMILES string of the molecule is Cc1ccc(-c2ccc(-c3ccc(C)cc3)c3nc(-c4ccccc4C(=O)N[C@H](C)C(C)(C)C)cnc23)cc1. The van der Waals surface area contributed by atoms with Crippen molar-refractivity contribution < 1.29 is 4.79 Å². The van der Waals surface area contributed by atoms with E-state index in [0.717, 1.165) is 38.9 Å². The molecule has 0 fully saturated rings. The minimum Gasteiger partial charge on any atom is -0.349 e. The number of hydrogen-bond acceptors (Lipinski definition) is 3. The van der Waals surface area contributed by atoms with Gasteiger partial charge in [-0.25, -0.2) is 4.98 Å². The third kappa shape index (κ3) is 5.46. The van der Waals surface area contributed by atoms with Crippen molar-refractivity contribution in [2.45, 2.75) is 47.6 Å². The van der Waals surface area contributed by atoms with Crippen molar-refractivity contribution in [2.24, 2.45) is 5.41 Å². The topological polar surface area (TPSA) is 54.9 Å². The average molecular weight is 514 g/mol. The van der Waals surface area contributed by atoms with Crippen LogP contribution in [0, 0.1) is 19.3 Å². The first kappa shape index (κ1) is 26.3. The number of aryl methyl sites for hydroxylation is 2. The van der Waals surface area contributed by atoms with Crippen LogP contribution in [0.2, 0.25) is 0 Å². The van der Waals surface area contributed by atoms with Crippen LogP contribution in [0.15, 0.2) is 91.1 Å². The minimum atomic E-state index is -0.109. The van der Waals surface area contributed by atoms with Crippen molar-refractivity contribution in [1.29, 1.82) is 0 Å². The van der Waals surface area contributed by atoms with Crippen molar-refractivity contribution in [3.8, 4) is 33.5 Å². The number of nitrogens with one attached hydrogen (secondary N) is 1. The molecule has 1 aromatic heterocycles. The summed E-state index contributed by atoms with van der Waals surface area (Å²) in [5, 5.41) is 3.17. The summed E-state index contributed by atoms with van der Waals surface area (Å²) < 4.78 is 0. The van der Waals surface area contributed by atoms with Gasteiger partial charge >= 0.3 is 0 Å². The first-order valence-electron chi connectivity index (χ1n) is 13.5. The fourth-order valence-electron chi connectivity index (χ4n) is 4.56. The Labute approximate surface area is 231 Å². The van der Waals surface area contributed by atoms with E-state index in [1.54, 1.807) is 6.20 Å². The molecule has 4 aromatic carbocycles. The quantitative estimate of drug-likeness (QED) is 0.257. The van der Waals surface area contributed by atoms with Gasteiger partial charge in [0, 0.05) is 28.3 Å². The van der Waals surface area contributed by atoms with Gasteiger partial charge in [-0.2, -0.15) is 0 Å². The predicted molar refractivity (Wildman–Crippen MR) is 162 cm³/mol. The molecule has 5 aromatic rings. The molecule has 0 aliphatic heterocycles. The highest BCUT2D eigenvalue weighted by molar-refractivity contribution is 6.03. The van der Waals surface area contributed by atoms with Gasteiger partial charge in [0.05, 0.1) is 22.9 Å². The van der Waals surface area contributed by atoms with Crippen molar-refractivity contribution in [3.63, 3.8) is 0 Å². The van der Waals surface area contributed by atoms with E-state index in [-0.39, 0.29) is 17.4 Å². The van der Waals surface area contributed by atoms with Crippen LogP contribution < -0.4 is 5.32 Å². The first-order chi connectivity index (χ1) is 18.6. The van der Waals surface area contributed by atoms with E-state index in [4.69, 9.17) is 9.97 Å². The molecule has 0 bridgehead atoms. The van der Waals surface area contributed by atoms with Crippen LogP contribution in [0.1, 0.15) is 49.2 Å². The van der Waals surface area contributed by atoms with Crippen LogP contribution in [0.25, 0.3) is 44.5 Å². The number of amides is 1. The van der Waals surface area contributed by atoms with Crippen molar-refractivity contribution in [1.82, 2.24) is 15.3 Å². The van der Waals surface area contributed by atoms with Crippen molar-refractivity contribution >= 4 is 16.9 Å². The molecule has 0 aliphatic carbocycles. The van der Waals surface area contributed by atoms with Gasteiger partial charge in [-0.05, 0) is 43.4 Å². The van der Waals surface area contributed by atoms with Gasteiger partial charge in [0.2, 0.25) is 0 Å². The zero-order valence-electron chi connectivity index (χ0n) is 23.5. The molecule has 1 amide bonds. The van der Waals surface area contributed by atoms with Gasteiger partial charge in [0.25, 0.3) is 5.91 Å². The number of carbonyl (C=O) groups excluding carboxylic acids is 1. The fourth-order valence-corrected chi connectivity index (χ4v) is 4.56. The summed E-state index contributed by atoms with van der Waals surface area (Å²) in [6, 6.07) is 28.9. The molecule has 0 spiro atoms. The van der Waals surface area contributed by atoms with Gasteiger partial charge in [0.1, 0.15) is 0 Å². The fraction of sp³-hybridized carbons (Fsp3) is 0.229. The Balaban J connectivity index is 1.68. The lowest BCUT2D eigenvalue weighted by molar-refractivity contribution is 0.0910. The van der Waals surface area contributed by atoms with E-state index < -0.39 is 0 Å². The van der Waals surface area contributed by atoms with Crippen LogP contribution in [-0.4, -0.2) is 21.9 Å². The Hall–Kier alpha value is -4.31. The monoisotopic (exact) mass is 513 g/mol. The summed E-state index contributed by atoms with van der Waals surface area (Å²) in [7, 11) is 0. The molecule has 4 nitrogen and oxygen atoms in total. The summed E-state index contributed by atoms with van der Waals surface area (Å²) >= 11 is 0. The maximum absolute atomic E-state index is 13.4. The molecule has 1 heterocycles. The maximum Gasteiger partial charge on any atom is 0.252 e. The zero-order valence-corrected chi connectivity index (χ0v) is 23.5. The zero-order chi connectivity index (χ0) is 27.7. The normalized spacial score (nSPS) is 12.4. The summed E-state index contributed by atoms with van der Waals surface area (Å²) in [5.41, 5.74) is 10.3. The Kier molecular flexibility index (Phi) is 7.05. The largest absolute Gasteiger partial charge is 0.349 e. The highest BCUT2D eigenvalue weighted by atomic mass is 16.1. The van der Waals surface area contributed by atoms with E-state index in [1.165, 1.54) is 11.1 Å². The molecule has 1 atom stereocenters. The third-order valence-electron chi connectivity index (χ3n) is 7.52. The number of nitrogens with zero attached hydrogens (tertiary/aromatic N) is 2. The van der Waals surface area contributed by atoms with Crippen LogP contribution >= 0.6 is 0 Å². The number of rotatable bonds is 5. The van der Waals surface area contributed by atoms with E-state index >= 15 is 0 Å². The number of fused-ring (bicyclic) bond motifs is 1. The van der Waals surface area contributed by atoms with Gasteiger partial charge in [0.15, 0.2) is 0 Å². The van der Waals surface area contributed by atoms with Crippen molar-refractivity contribution in [3.05, 3.63) is 108 Å². The summed E-state index contributed by atoms with van der Waals surface area (Å²) in [4.78, 5) is 23.5. The van der Waals surface area contributed by atoms with Crippen LogP contribution in [0.5, 0.6) is 0 Å². The number of hydrogen-bond donors (Lipinski definition) is 1. The summed E-state index contributed by atoms with van der Waals surface area (Å²) in [6.07, 6.45) is 1.79. The van der Waals surface area contributed by atoms with E-state index in [9.17, 15) is 4.79 Å². The second-order valence-corrected chi connectivity index (χ2v) is 11.5. The summed E-state index contributed by atoms with van der Waals surface area (Å²) in [6.45, 7) is 12.6. The van der Waals surface area contributed by atoms with Gasteiger partial charge in [-0.15, -0.1) is 0 Å². The second kappa shape index (κ2) is 10.5. The lowest BCUT2D eigenvalue weighted by Gasteiger charge is -2.28. The number of carbonyl (C=O) groups is 1. The first-order valence-corrected chi connectivity index (χ1v) is 13.5. The van der Waals surface area contributed by atoms with E-state index in [2.05, 4.69) is 101 Å². The third-order valence-corrected chi connectivity index (χ3v) is 7.52. The Bertz CT molecular complexity index is 1650. The van der Waals surface area contributed by atoms with Gasteiger partial charge < -0.3 is 5.32 Å². The average Bonchev–Trinajstić information content (AvgIpc) is 2.92. The Morgan fingerprint density at radius 1 is 0.718 bits per heavy atom. The van der Waals surface area contributed by atoms with Gasteiger partial charge in [-0.1, -0.05) is 111 Å². The molecule has 1 N–H and O–H groups in total. The lowest BCUT2D eigenvalue weighted by atomic mass is 9.88. The smallest absolute Gasteiger partial charge is 0.252 e. The number of benzene rings is 4. The molecule has 0 unspecified atom stereocenters. The highest BCUT2D eigenvalue weighted by Gasteiger charge is 2.24. The van der Waals surface area contributed by atoms with Gasteiger partial charge in [-0.3, -0.25) is 9.78 Å². The molecule has 0 radical (unpaired) electrons. The van der Waals surface area contributed by atoms with Crippen LogP contribution in [0.3, 0.4) is 0 Å². The molecule has 4 heteroatoms. The highest BCUT2D eigenvalue weighted by Crippen LogP contribution is 2.35. The molecule has 0 saturated carbocycles. The van der Waals surface area contributed by atoms with Crippen molar-refractivity contribution in [2.75, 3.05) is 0 Å². The Morgan fingerprint density at radius 2 is 1.26 bits per heavy atom. The predicted octanol–water partition coefficient (Wildman–Crippen LogP) is 8.41. The molecule has 39 heavy (non-hydrogen) atoms. The standard InChI is InChI=1S/C35H35N3O/c1-22-11-15-25(16-12-22)27-19-20-28(26-17-13-23(2)14-18-26)33-32(27)36-21-31(38-33)29-9-7-8-10-30(29)34(39)37-24(3)35(4,5)6/h7-21,24H,1-6H3,(H,37,39)/t24-/m1/s1. The van der Waals surface area contributed by atoms with E-state index in [1.807, 2.05) is 31.2 Å². The molecular weight excluding hydrogens is 478 g/mol. The Morgan fingerprint density at radius 3 is 1.82 bits per heavy atom. The second-order valence-electron chi connectivity index (χ2n) is 11.5. The van der Waals surface area contributed by atoms with Crippen LogP contribution in [0.4, 0.5) is 0 Å². The maximum atomic E-state index is 13.4. The molecule has 0 aliphatic rings. The van der Waals surface area contributed by atoms with Crippen LogP contribution in [-0.2, 0) is 0 Å². The van der Waals surface area contributed by atoms with E-state index in [0.29, 0.717) is 11.3 Å². The lowest BCUT2D eigenvalue weighted by Crippen LogP contribution is -2.41. The molecule has 0 saturated heterocycles. The molecule has 196 valence electrons. The summed E-state index contributed by atoms with van der Waals surface area (Å²) in [5.74, 6) is -0.109. The minimum absolute atomic E-state index is 0.00551. The molecule has 5 rings (SSSR count). The molecular formula is C35H35N3O. The number of aromatic nitrogens is 2.